The molecule has 3 rings (SSSR count). The molecule has 2 amide bonds. The summed E-state index contributed by atoms with van der Waals surface area (Å²) in [6.07, 6.45) is 0. The predicted molar refractivity (Wildman–Crippen MR) is 89.6 cm³/mol. The molecule has 0 unspecified atom stereocenters. The summed E-state index contributed by atoms with van der Waals surface area (Å²) in [6.45, 7) is 0.739. The Morgan fingerprint density at radius 2 is 1.31 bits per heavy atom. The van der Waals surface area contributed by atoms with Crippen molar-refractivity contribution in [3.63, 3.8) is 0 Å². The van der Waals surface area contributed by atoms with E-state index in [1.54, 1.807) is 24.3 Å². The lowest BCUT2D eigenvalue weighted by Crippen LogP contribution is -2.50. The van der Waals surface area contributed by atoms with E-state index in [2.05, 4.69) is 0 Å². The van der Waals surface area contributed by atoms with Crippen LogP contribution in [0.4, 0.5) is 13.2 Å². The average Bonchev–Trinajstić information content (AvgIpc) is 2.66. The first-order valence-electron chi connectivity index (χ1n) is 7.86. The fourth-order valence-corrected chi connectivity index (χ4v) is 3.00. The van der Waals surface area contributed by atoms with Crippen LogP contribution < -0.4 is 0 Å². The van der Waals surface area contributed by atoms with Crippen molar-refractivity contribution >= 4 is 23.4 Å². The van der Waals surface area contributed by atoms with E-state index < -0.39 is 28.9 Å². The van der Waals surface area contributed by atoms with Crippen molar-refractivity contribution in [1.29, 1.82) is 0 Å². The number of carbonyl (C=O) groups is 2. The fourth-order valence-electron chi connectivity index (χ4n) is 2.78. The summed E-state index contributed by atoms with van der Waals surface area (Å²) in [5.41, 5.74) is -0.171. The second kappa shape index (κ2) is 7.37. The van der Waals surface area contributed by atoms with Gasteiger partial charge in [-0.15, -0.1) is 0 Å². The van der Waals surface area contributed by atoms with Gasteiger partial charge in [0.1, 0.15) is 0 Å². The van der Waals surface area contributed by atoms with Crippen LogP contribution in [0.1, 0.15) is 20.7 Å². The SMILES string of the molecule is O=C(c1ccccc1Cl)N1CCN(C(=O)c2ccc(F)c(F)c2F)CC1. The van der Waals surface area contributed by atoms with E-state index >= 15 is 0 Å². The van der Waals surface area contributed by atoms with Crippen molar-refractivity contribution in [3.8, 4) is 0 Å². The summed E-state index contributed by atoms with van der Waals surface area (Å²) in [7, 11) is 0. The molecule has 0 aliphatic carbocycles. The number of carbonyl (C=O) groups excluding carboxylic acids is 2. The molecule has 0 saturated carbocycles. The molecule has 1 heterocycles. The molecule has 4 nitrogen and oxygen atoms in total. The zero-order chi connectivity index (χ0) is 18.8. The van der Waals surface area contributed by atoms with Gasteiger partial charge in [-0.2, -0.15) is 0 Å². The standard InChI is InChI=1S/C18H14ClF3N2O2/c19-13-4-2-1-3-11(13)17(25)23-7-9-24(10-8-23)18(26)12-5-6-14(20)16(22)15(12)21/h1-6H,7-10H2. The van der Waals surface area contributed by atoms with Gasteiger partial charge in [0.15, 0.2) is 17.5 Å². The maximum absolute atomic E-state index is 13.8. The third-order valence-corrected chi connectivity index (χ3v) is 4.55. The minimum absolute atomic E-state index is 0.146. The Hall–Kier alpha value is -2.54. The van der Waals surface area contributed by atoms with Crippen LogP contribution in [0.2, 0.25) is 5.02 Å². The Morgan fingerprint density at radius 3 is 1.88 bits per heavy atom. The van der Waals surface area contributed by atoms with Crippen molar-refractivity contribution in [2.75, 3.05) is 26.2 Å². The first-order chi connectivity index (χ1) is 12.4. The van der Waals surface area contributed by atoms with Crippen LogP contribution in [0.3, 0.4) is 0 Å². The Labute approximate surface area is 152 Å². The Morgan fingerprint density at radius 1 is 0.769 bits per heavy atom. The Balaban J connectivity index is 1.69. The van der Waals surface area contributed by atoms with E-state index in [-0.39, 0.29) is 32.1 Å². The molecule has 8 heteroatoms. The van der Waals surface area contributed by atoms with Crippen molar-refractivity contribution < 1.29 is 22.8 Å². The van der Waals surface area contributed by atoms with E-state index in [0.29, 0.717) is 16.7 Å². The molecule has 136 valence electrons. The van der Waals surface area contributed by atoms with Crippen LogP contribution in [0.15, 0.2) is 36.4 Å². The zero-order valence-corrected chi connectivity index (χ0v) is 14.3. The second-order valence-electron chi connectivity index (χ2n) is 5.79. The van der Waals surface area contributed by atoms with Gasteiger partial charge in [0, 0.05) is 26.2 Å². The monoisotopic (exact) mass is 382 g/mol. The predicted octanol–water partition coefficient (Wildman–Crippen LogP) is 3.36. The molecule has 2 aromatic carbocycles. The minimum atomic E-state index is -1.68. The third kappa shape index (κ3) is 3.39. The summed E-state index contributed by atoms with van der Waals surface area (Å²) in [6, 6.07) is 8.26. The first kappa shape index (κ1) is 18.3. The zero-order valence-electron chi connectivity index (χ0n) is 13.5. The number of piperazine rings is 1. The van der Waals surface area contributed by atoms with Gasteiger partial charge in [-0.3, -0.25) is 9.59 Å². The molecule has 2 aromatic rings. The van der Waals surface area contributed by atoms with Crippen LogP contribution in [0, 0.1) is 17.5 Å². The van der Waals surface area contributed by atoms with Gasteiger partial charge in [0.2, 0.25) is 0 Å². The van der Waals surface area contributed by atoms with Gasteiger partial charge >= 0.3 is 0 Å². The average molecular weight is 383 g/mol. The molecule has 0 atom stereocenters. The van der Waals surface area contributed by atoms with E-state index in [4.69, 9.17) is 11.6 Å². The van der Waals surface area contributed by atoms with Crippen molar-refractivity contribution in [2.24, 2.45) is 0 Å². The van der Waals surface area contributed by atoms with E-state index in [9.17, 15) is 22.8 Å². The van der Waals surface area contributed by atoms with Crippen LogP contribution in [0.25, 0.3) is 0 Å². The Kier molecular flexibility index (Phi) is 5.18. The van der Waals surface area contributed by atoms with Crippen molar-refractivity contribution in [3.05, 3.63) is 70.0 Å². The number of amides is 2. The molecule has 1 fully saturated rings. The molecule has 1 aliphatic heterocycles. The van der Waals surface area contributed by atoms with Gasteiger partial charge in [-0.05, 0) is 24.3 Å². The molecule has 0 spiro atoms. The van der Waals surface area contributed by atoms with Gasteiger partial charge in [-0.25, -0.2) is 13.2 Å². The maximum atomic E-state index is 13.8. The van der Waals surface area contributed by atoms with Crippen molar-refractivity contribution in [2.45, 2.75) is 0 Å². The summed E-state index contributed by atoms with van der Waals surface area (Å²) in [4.78, 5) is 27.7. The van der Waals surface area contributed by atoms with Crippen LogP contribution in [-0.2, 0) is 0 Å². The number of benzene rings is 2. The van der Waals surface area contributed by atoms with Gasteiger partial charge in [0.05, 0.1) is 16.1 Å². The summed E-state index contributed by atoms with van der Waals surface area (Å²) in [5.74, 6) is -5.55. The fraction of sp³-hybridized carbons (Fsp3) is 0.222. The molecule has 26 heavy (non-hydrogen) atoms. The number of nitrogens with zero attached hydrogens (tertiary/aromatic N) is 2. The normalized spacial score (nSPS) is 14.5. The number of hydrogen-bond acceptors (Lipinski definition) is 2. The molecule has 0 N–H and O–H groups in total. The Bertz CT molecular complexity index is 868. The summed E-state index contributed by atoms with van der Waals surface area (Å²) < 4.78 is 40.1. The highest BCUT2D eigenvalue weighted by Crippen LogP contribution is 2.20. The van der Waals surface area contributed by atoms with Gasteiger partial charge in [-0.1, -0.05) is 23.7 Å². The lowest BCUT2D eigenvalue weighted by atomic mass is 10.1. The quantitative estimate of drug-likeness (QED) is 0.747. The molecular weight excluding hydrogens is 369 g/mol. The van der Waals surface area contributed by atoms with Crippen LogP contribution in [-0.4, -0.2) is 47.8 Å². The van der Waals surface area contributed by atoms with E-state index in [1.165, 1.54) is 9.80 Å². The highest BCUT2D eigenvalue weighted by Gasteiger charge is 2.28. The maximum Gasteiger partial charge on any atom is 0.257 e. The third-order valence-electron chi connectivity index (χ3n) is 4.22. The lowest BCUT2D eigenvalue weighted by molar-refractivity contribution is 0.0532. The molecule has 1 saturated heterocycles. The molecule has 0 bridgehead atoms. The highest BCUT2D eigenvalue weighted by molar-refractivity contribution is 6.33. The van der Waals surface area contributed by atoms with Crippen LogP contribution in [0.5, 0.6) is 0 Å². The number of rotatable bonds is 2. The molecule has 1 aliphatic rings. The minimum Gasteiger partial charge on any atom is -0.335 e. The summed E-state index contributed by atoms with van der Waals surface area (Å²) in [5, 5.41) is 0.333. The molecular formula is C18H14ClF3N2O2. The summed E-state index contributed by atoms with van der Waals surface area (Å²) >= 11 is 6.02. The largest absolute Gasteiger partial charge is 0.335 e. The number of hydrogen-bond donors (Lipinski definition) is 0. The van der Waals surface area contributed by atoms with E-state index in [0.717, 1.165) is 6.07 Å². The smallest absolute Gasteiger partial charge is 0.257 e. The topological polar surface area (TPSA) is 40.6 Å². The van der Waals surface area contributed by atoms with Crippen molar-refractivity contribution in [1.82, 2.24) is 9.80 Å². The second-order valence-corrected chi connectivity index (χ2v) is 6.19. The highest BCUT2D eigenvalue weighted by atomic mass is 35.5. The number of halogens is 4. The molecule has 0 radical (unpaired) electrons. The van der Waals surface area contributed by atoms with Gasteiger partial charge in [0.25, 0.3) is 11.8 Å². The van der Waals surface area contributed by atoms with Crippen LogP contribution >= 0.6 is 11.6 Å². The lowest BCUT2D eigenvalue weighted by Gasteiger charge is -2.35. The first-order valence-corrected chi connectivity index (χ1v) is 8.24. The van der Waals surface area contributed by atoms with E-state index in [1.807, 2.05) is 0 Å². The molecule has 0 aromatic heterocycles. The van der Waals surface area contributed by atoms with Gasteiger partial charge < -0.3 is 9.80 Å².